The molecule has 4 heterocycles. The van der Waals surface area contributed by atoms with E-state index in [9.17, 15) is 22.4 Å². The predicted octanol–water partition coefficient (Wildman–Crippen LogP) is 5.25. The number of hydrogen-bond donors (Lipinski definition) is 2. The Hall–Kier alpha value is -4.07. The number of ether oxygens (including phenoxy) is 1. The molecule has 4 aromatic heterocycles. The van der Waals surface area contributed by atoms with E-state index in [2.05, 4.69) is 30.6 Å². The predicted molar refractivity (Wildman–Crippen MR) is 125 cm³/mol. The molecular formula is C24H23F4N7O3. The van der Waals surface area contributed by atoms with Crippen LogP contribution >= 0.6 is 0 Å². The molecule has 1 amide bonds. The van der Waals surface area contributed by atoms with E-state index in [0.29, 0.717) is 37.1 Å². The van der Waals surface area contributed by atoms with Crippen molar-refractivity contribution in [2.75, 3.05) is 11.9 Å². The van der Waals surface area contributed by atoms with Crippen molar-refractivity contribution in [1.82, 2.24) is 29.9 Å². The fourth-order valence-corrected chi connectivity index (χ4v) is 4.39. The highest BCUT2D eigenvalue weighted by molar-refractivity contribution is 6.04. The summed E-state index contributed by atoms with van der Waals surface area (Å²) in [6, 6.07) is 1.11. The Morgan fingerprint density at radius 1 is 1.21 bits per heavy atom. The molecule has 38 heavy (non-hydrogen) atoms. The third-order valence-corrected chi connectivity index (χ3v) is 6.24. The normalized spacial score (nSPS) is 18.0. The molecular weight excluding hydrogens is 510 g/mol. The van der Waals surface area contributed by atoms with E-state index in [1.165, 1.54) is 23.3 Å². The van der Waals surface area contributed by atoms with Crippen molar-refractivity contribution in [3.05, 3.63) is 54.2 Å². The Balaban J connectivity index is 1.48. The number of oxazole rings is 1. The summed E-state index contributed by atoms with van der Waals surface area (Å²) in [4.78, 5) is 20.6. The highest BCUT2D eigenvalue weighted by atomic mass is 19.4. The van der Waals surface area contributed by atoms with E-state index >= 15 is 0 Å². The maximum atomic E-state index is 14.8. The highest BCUT2D eigenvalue weighted by Crippen LogP contribution is 2.36. The van der Waals surface area contributed by atoms with E-state index < -0.39 is 29.3 Å². The second-order valence-electron chi connectivity index (χ2n) is 8.76. The number of H-pyrrole nitrogens is 1. The summed E-state index contributed by atoms with van der Waals surface area (Å²) in [6.07, 6.45) is 3.81. The number of nitrogens with one attached hydrogen (secondary N) is 2. The third-order valence-electron chi connectivity index (χ3n) is 6.24. The molecule has 0 aliphatic heterocycles. The third kappa shape index (κ3) is 5.30. The number of aromatic amines is 1. The summed E-state index contributed by atoms with van der Waals surface area (Å²) in [5.41, 5.74) is -1.74. The summed E-state index contributed by atoms with van der Waals surface area (Å²) >= 11 is 0. The van der Waals surface area contributed by atoms with Crippen LogP contribution in [0.4, 0.5) is 23.2 Å². The molecule has 1 aliphatic rings. The number of rotatable bonds is 7. The molecule has 0 spiro atoms. The van der Waals surface area contributed by atoms with E-state index in [4.69, 9.17) is 9.15 Å². The maximum absolute atomic E-state index is 14.8. The lowest BCUT2D eigenvalue weighted by Gasteiger charge is -2.28. The molecule has 1 saturated carbocycles. The number of amides is 1. The lowest BCUT2D eigenvalue weighted by Crippen LogP contribution is -2.24. The first-order valence-corrected chi connectivity index (χ1v) is 11.9. The van der Waals surface area contributed by atoms with Gasteiger partial charge in [0.2, 0.25) is 5.89 Å². The molecule has 0 bridgehead atoms. The van der Waals surface area contributed by atoms with Crippen molar-refractivity contribution in [1.29, 1.82) is 0 Å². The van der Waals surface area contributed by atoms with Crippen molar-refractivity contribution in [3.8, 4) is 22.8 Å². The van der Waals surface area contributed by atoms with Crippen LogP contribution in [0.3, 0.4) is 0 Å². The maximum Gasteiger partial charge on any atom is 0.433 e. The Bertz CT molecular complexity index is 1410. The number of halogens is 4. The molecule has 0 atom stereocenters. The molecule has 0 aromatic carbocycles. The van der Waals surface area contributed by atoms with Crippen LogP contribution in [0.15, 0.2) is 41.4 Å². The Kier molecular flexibility index (Phi) is 6.97. The first-order chi connectivity index (χ1) is 18.2. The Morgan fingerprint density at radius 2 is 2.00 bits per heavy atom. The van der Waals surface area contributed by atoms with E-state index in [1.807, 2.05) is 6.92 Å². The minimum absolute atomic E-state index is 0.0134. The van der Waals surface area contributed by atoms with Gasteiger partial charge < -0.3 is 14.5 Å². The van der Waals surface area contributed by atoms with Crippen molar-refractivity contribution < 1.29 is 31.5 Å². The summed E-state index contributed by atoms with van der Waals surface area (Å²) in [7, 11) is 0. The molecule has 1 aliphatic carbocycles. The van der Waals surface area contributed by atoms with E-state index in [0.717, 1.165) is 19.1 Å². The zero-order valence-electron chi connectivity index (χ0n) is 20.1. The Morgan fingerprint density at radius 3 is 2.68 bits per heavy atom. The first kappa shape index (κ1) is 25.6. The van der Waals surface area contributed by atoms with Crippen LogP contribution in [0, 0.1) is 5.82 Å². The number of anilines is 1. The number of pyridine rings is 1. The van der Waals surface area contributed by atoms with Gasteiger partial charge in [-0.3, -0.25) is 14.6 Å². The van der Waals surface area contributed by atoms with Crippen LogP contribution in [-0.2, 0) is 10.9 Å². The van der Waals surface area contributed by atoms with Crippen LogP contribution in [0.25, 0.3) is 22.8 Å². The zero-order valence-corrected chi connectivity index (χ0v) is 20.1. The average molecular weight is 533 g/mol. The second kappa shape index (κ2) is 10.4. The van der Waals surface area contributed by atoms with Gasteiger partial charge >= 0.3 is 6.18 Å². The second-order valence-corrected chi connectivity index (χ2v) is 8.76. The topological polar surface area (TPSA) is 124 Å². The van der Waals surface area contributed by atoms with Gasteiger partial charge in [-0.05, 0) is 44.7 Å². The summed E-state index contributed by atoms with van der Waals surface area (Å²) in [6.45, 7) is 2.52. The minimum atomic E-state index is -4.80. The summed E-state index contributed by atoms with van der Waals surface area (Å²) in [5, 5.41) is 13.4. The lowest BCUT2D eigenvalue weighted by atomic mass is 9.93. The molecule has 0 unspecified atom stereocenters. The minimum Gasteiger partial charge on any atom is -0.444 e. The van der Waals surface area contributed by atoms with Crippen LogP contribution in [-0.4, -0.2) is 48.6 Å². The van der Waals surface area contributed by atoms with Gasteiger partial charge in [-0.2, -0.15) is 23.4 Å². The molecule has 4 aromatic rings. The molecule has 5 rings (SSSR count). The monoisotopic (exact) mass is 533 g/mol. The highest BCUT2D eigenvalue weighted by Gasteiger charge is 2.34. The van der Waals surface area contributed by atoms with Crippen molar-refractivity contribution in [3.63, 3.8) is 0 Å². The summed E-state index contributed by atoms with van der Waals surface area (Å²) < 4.78 is 67.4. The van der Waals surface area contributed by atoms with Gasteiger partial charge in [-0.15, -0.1) is 0 Å². The van der Waals surface area contributed by atoms with Gasteiger partial charge in [-0.1, -0.05) is 0 Å². The number of aromatic nitrogens is 6. The lowest BCUT2D eigenvalue weighted by molar-refractivity contribution is -0.141. The first-order valence-electron chi connectivity index (χ1n) is 11.9. The number of nitrogens with zero attached hydrogens (tertiary/aromatic N) is 5. The van der Waals surface area contributed by atoms with Gasteiger partial charge in [0.05, 0.1) is 29.6 Å². The van der Waals surface area contributed by atoms with Gasteiger partial charge in [0.1, 0.15) is 23.3 Å². The average Bonchev–Trinajstić information content (AvgIpc) is 3.65. The smallest absolute Gasteiger partial charge is 0.433 e. The molecule has 1 fully saturated rings. The number of hydrogen-bond acceptors (Lipinski definition) is 7. The largest absolute Gasteiger partial charge is 0.444 e. The molecule has 0 radical (unpaired) electrons. The van der Waals surface area contributed by atoms with Crippen LogP contribution in [0.1, 0.15) is 54.8 Å². The Labute approximate surface area is 213 Å². The van der Waals surface area contributed by atoms with Crippen molar-refractivity contribution in [2.24, 2.45) is 0 Å². The number of alkyl halides is 3. The number of carbonyl (C=O) groups excluding carboxylic acids is 1. The molecule has 14 heteroatoms. The zero-order chi connectivity index (χ0) is 26.9. The molecule has 10 nitrogen and oxygen atoms in total. The quantitative estimate of drug-likeness (QED) is 0.311. The SMILES string of the molecule is CCO[C@H]1CC[C@H](n2cc(NC(=O)c3coc(-c4cn[nH]c4)n3)c(-c3nc(C(F)(F)F)ccc3F)n2)CC1. The number of carbonyl (C=O) groups is 1. The van der Waals surface area contributed by atoms with Gasteiger partial charge in [0, 0.05) is 19.0 Å². The van der Waals surface area contributed by atoms with Gasteiger partial charge in [0.25, 0.3) is 5.91 Å². The molecule has 200 valence electrons. The van der Waals surface area contributed by atoms with Crippen LogP contribution in [0.2, 0.25) is 0 Å². The van der Waals surface area contributed by atoms with E-state index in [1.54, 1.807) is 0 Å². The fourth-order valence-electron chi connectivity index (χ4n) is 4.39. The van der Waals surface area contributed by atoms with Crippen molar-refractivity contribution in [2.45, 2.75) is 50.9 Å². The van der Waals surface area contributed by atoms with Gasteiger partial charge in [0.15, 0.2) is 11.5 Å². The van der Waals surface area contributed by atoms with Crippen molar-refractivity contribution >= 4 is 11.6 Å². The molecule has 2 N–H and O–H groups in total. The standard InChI is InChI=1S/C24H23F4N7O3/c1-2-37-15-5-3-14(4-6-15)35-11-17(21(34-35)20-16(25)7-8-19(33-20)24(26,27)28)31-22(36)18-12-38-23(32-18)13-9-29-30-10-13/h7-12,14-15H,2-6H2,1H3,(H,29,30)(H,31,36)/t14-,15-. The van der Waals surface area contributed by atoms with Gasteiger partial charge in [-0.25, -0.2) is 14.4 Å². The van der Waals surface area contributed by atoms with Crippen LogP contribution in [0.5, 0.6) is 0 Å². The van der Waals surface area contributed by atoms with E-state index in [-0.39, 0.29) is 35.1 Å². The fraction of sp³-hybridized carbons (Fsp3) is 0.375. The van der Waals surface area contributed by atoms with Crippen LogP contribution < -0.4 is 5.32 Å². The summed E-state index contributed by atoms with van der Waals surface area (Å²) in [5.74, 6) is -1.60. The molecule has 0 saturated heterocycles.